The lowest BCUT2D eigenvalue weighted by molar-refractivity contribution is 0.393. The Morgan fingerprint density at radius 1 is 1.37 bits per heavy atom. The third-order valence-corrected chi connectivity index (χ3v) is 3.64. The zero-order valence-corrected chi connectivity index (χ0v) is 10.5. The Hall–Kier alpha value is -2.34. The Kier molecular flexibility index (Phi) is 3.16. The third-order valence-electron chi connectivity index (χ3n) is 3.64. The van der Waals surface area contributed by atoms with Crippen LogP contribution in [0.3, 0.4) is 0 Å². The van der Waals surface area contributed by atoms with Crippen molar-refractivity contribution in [3.63, 3.8) is 0 Å². The van der Waals surface area contributed by atoms with Gasteiger partial charge in [0.15, 0.2) is 0 Å². The SMILES string of the molecule is N#CCC(C1=C2C=COC=C2CC1)c1ccccn1. The average molecular weight is 250 g/mol. The minimum atomic E-state index is 0.0925. The van der Waals surface area contributed by atoms with Gasteiger partial charge < -0.3 is 4.74 Å². The van der Waals surface area contributed by atoms with Crippen LogP contribution in [0.5, 0.6) is 0 Å². The number of hydrogen-bond acceptors (Lipinski definition) is 3. The van der Waals surface area contributed by atoms with Gasteiger partial charge in [0.1, 0.15) is 0 Å². The van der Waals surface area contributed by atoms with Crippen molar-refractivity contribution in [1.29, 1.82) is 5.26 Å². The molecule has 0 radical (unpaired) electrons. The monoisotopic (exact) mass is 250 g/mol. The zero-order valence-electron chi connectivity index (χ0n) is 10.5. The largest absolute Gasteiger partial charge is 0.472 e. The highest BCUT2D eigenvalue weighted by Crippen LogP contribution is 2.42. The Bertz CT molecular complexity index is 605. The van der Waals surface area contributed by atoms with E-state index in [0.717, 1.165) is 18.5 Å². The molecule has 0 N–H and O–H groups in total. The summed E-state index contributed by atoms with van der Waals surface area (Å²) < 4.78 is 5.22. The number of allylic oxidation sites excluding steroid dienone is 4. The molecule has 2 aliphatic rings. The highest BCUT2D eigenvalue weighted by molar-refractivity contribution is 5.51. The van der Waals surface area contributed by atoms with Crippen molar-refractivity contribution in [2.75, 3.05) is 0 Å². The fourth-order valence-corrected chi connectivity index (χ4v) is 2.75. The second-order valence-corrected chi connectivity index (χ2v) is 4.69. The summed E-state index contributed by atoms with van der Waals surface area (Å²) in [6.07, 6.45) is 9.75. The first-order valence-electron chi connectivity index (χ1n) is 6.42. The molecule has 0 aromatic carbocycles. The number of hydrogen-bond donors (Lipinski definition) is 0. The van der Waals surface area contributed by atoms with Gasteiger partial charge in [-0.3, -0.25) is 4.98 Å². The van der Waals surface area contributed by atoms with Gasteiger partial charge in [0.25, 0.3) is 0 Å². The van der Waals surface area contributed by atoms with Crippen LogP contribution < -0.4 is 0 Å². The first-order valence-corrected chi connectivity index (χ1v) is 6.42. The van der Waals surface area contributed by atoms with Crippen LogP contribution in [-0.4, -0.2) is 4.98 Å². The maximum absolute atomic E-state index is 9.10. The van der Waals surface area contributed by atoms with Crippen LogP contribution in [0, 0.1) is 11.3 Å². The lowest BCUT2D eigenvalue weighted by Gasteiger charge is -2.16. The lowest BCUT2D eigenvalue weighted by Crippen LogP contribution is -2.04. The van der Waals surface area contributed by atoms with Crippen LogP contribution in [0.2, 0.25) is 0 Å². The lowest BCUT2D eigenvalue weighted by atomic mass is 9.89. The number of aromatic nitrogens is 1. The van der Waals surface area contributed by atoms with E-state index in [1.54, 1.807) is 12.5 Å². The van der Waals surface area contributed by atoms with Gasteiger partial charge in [-0.25, -0.2) is 0 Å². The first-order chi connectivity index (χ1) is 9.40. The molecular weight excluding hydrogens is 236 g/mol. The molecule has 3 nitrogen and oxygen atoms in total. The molecule has 2 heterocycles. The van der Waals surface area contributed by atoms with E-state index >= 15 is 0 Å². The predicted molar refractivity (Wildman–Crippen MR) is 71.8 cm³/mol. The first kappa shape index (κ1) is 11.7. The molecule has 0 fully saturated rings. The molecule has 0 amide bonds. The molecule has 0 saturated heterocycles. The van der Waals surface area contributed by atoms with E-state index < -0.39 is 0 Å². The van der Waals surface area contributed by atoms with Crippen molar-refractivity contribution in [3.8, 4) is 6.07 Å². The Morgan fingerprint density at radius 2 is 2.32 bits per heavy atom. The van der Waals surface area contributed by atoms with Gasteiger partial charge in [0.2, 0.25) is 0 Å². The molecule has 1 aliphatic heterocycles. The quantitative estimate of drug-likeness (QED) is 0.823. The second-order valence-electron chi connectivity index (χ2n) is 4.69. The molecule has 1 atom stereocenters. The van der Waals surface area contributed by atoms with Crippen LogP contribution in [0.1, 0.15) is 30.9 Å². The van der Waals surface area contributed by atoms with E-state index in [0.29, 0.717) is 6.42 Å². The number of pyridine rings is 1. The van der Waals surface area contributed by atoms with Gasteiger partial charge in [-0.15, -0.1) is 0 Å². The third kappa shape index (κ3) is 2.17. The van der Waals surface area contributed by atoms with Gasteiger partial charge in [0.05, 0.1) is 18.6 Å². The summed E-state index contributed by atoms with van der Waals surface area (Å²) in [6, 6.07) is 8.17. The van der Waals surface area contributed by atoms with E-state index in [1.807, 2.05) is 30.5 Å². The van der Waals surface area contributed by atoms with E-state index in [2.05, 4.69) is 11.1 Å². The summed E-state index contributed by atoms with van der Waals surface area (Å²) in [5, 5.41) is 9.10. The number of rotatable bonds is 3. The topological polar surface area (TPSA) is 45.9 Å². The number of fused-ring (bicyclic) bond motifs is 1. The van der Waals surface area contributed by atoms with Gasteiger partial charge >= 0.3 is 0 Å². The normalized spacial score (nSPS) is 18.4. The molecule has 1 aromatic rings. The number of ether oxygens (including phenoxy) is 1. The van der Waals surface area contributed by atoms with Crippen molar-refractivity contribution >= 4 is 0 Å². The number of nitrogens with zero attached hydrogens (tertiary/aromatic N) is 2. The smallest absolute Gasteiger partial charge is 0.0939 e. The Labute approximate surface area is 112 Å². The van der Waals surface area contributed by atoms with Crippen molar-refractivity contribution in [2.24, 2.45) is 0 Å². The molecule has 1 aromatic heterocycles. The van der Waals surface area contributed by atoms with E-state index in [9.17, 15) is 0 Å². The second kappa shape index (κ2) is 5.11. The van der Waals surface area contributed by atoms with Crippen LogP contribution in [0.15, 0.2) is 59.7 Å². The molecule has 1 aliphatic carbocycles. The molecule has 0 saturated carbocycles. The molecule has 3 heteroatoms. The highest BCUT2D eigenvalue weighted by atomic mass is 16.5. The van der Waals surface area contributed by atoms with Crippen molar-refractivity contribution in [2.45, 2.75) is 25.2 Å². The average Bonchev–Trinajstić information content (AvgIpc) is 2.89. The summed E-state index contributed by atoms with van der Waals surface area (Å²) in [7, 11) is 0. The molecule has 3 rings (SSSR count). The van der Waals surface area contributed by atoms with E-state index in [4.69, 9.17) is 10.00 Å². The minimum Gasteiger partial charge on any atom is -0.472 e. The van der Waals surface area contributed by atoms with Gasteiger partial charge in [-0.1, -0.05) is 11.6 Å². The molecule has 0 spiro atoms. The standard InChI is InChI=1S/C16H14N2O/c17-8-6-15(16-3-1-2-9-18-16)14-5-4-12-11-19-10-7-13(12)14/h1-3,7,9-11,15H,4-6H2. The maximum atomic E-state index is 9.10. The highest BCUT2D eigenvalue weighted by Gasteiger charge is 2.27. The summed E-state index contributed by atoms with van der Waals surface area (Å²) >= 11 is 0. The van der Waals surface area contributed by atoms with Crippen LogP contribution in [0.4, 0.5) is 0 Å². The van der Waals surface area contributed by atoms with Gasteiger partial charge in [-0.2, -0.15) is 5.26 Å². The Morgan fingerprint density at radius 3 is 3.11 bits per heavy atom. The summed E-state index contributed by atoms with van der Waals surface area (Å²) in [5.41, 5.74) is 4.76. The summed E-state index contributed by atoms with van der Waals surface area (Å²) in [5.74, 6) is 0.0925. The molecule has 0 bridgehead atoms. The molecule has 1 unspecified atom stereocenters. The van der Waals surface area contributed by atoms with E-state index in [1.165, 1.54) is 16.7 Å². The Balaban J connectivity index is 2.02. The maximum Gasteiger partial charge on any atom is 0.0939 e. The van der Waals surface area contributed by atoms with Crippen molar-refractivity contribution in [1.82, 2.24) is 4.98 Å². The van der Waals surface area contributed by atoms with Gasteiger partial charge in [0, 0.05) is 24.2 Å². The van der Waals surface area contributed by atoms with Crippen LogP contribution in [-0.2, 0) is 4.74 Å². The predicted octanol–water partition coefficient (Wildman–Crippen LogP) is 3.60. The van der Waals surface area contributed by atoms with E-state index in [-0.39, 0.29) is 5.92 Å². The van der Waals surface area contributed by atoms with Crippen LogP contribution in [0.25, 0.3) is 0 Å². The fourth-order valence-electron chi connectivity index (χ4n) is 2.75. The van der Waals surface area contributed by atoms with Crippen LogP contribution >= 0.6 is 0 Å². The minimum absolute atomic E-state index is 0.0925. The summed E-state index contributed by atoms with van der Waals surface area (Å²) in [4.78, 5) is 4.42. The number of nitriles is 1. The molecule has 19 heavy (non-hydrogen) atoms. The van der Waals surface area contributed by atoms with Crippen molar-refractivity contribution in [3.05, 3.63) is 65.4 Å². The molecule has 94 valence electrons. The summed E-state index contributed by atoms with van der Waals surface area (Å²) in [6.45, 7) is 0. The fraction of sp³-hybridized carbons (Fsp3) is 0.250. The zero-order chi connectivity index (χ0) is 13.1. The molecular formula is C16H14N2O. The van der Waals surface area contributed by atoms with Gasteiger partial charge in [-0.05, 0) is 42.2 Å². The van der Waals surface area contributed by atoms with Crippen molar-refractivity contribution < 1.29 is 4.74 Å².